The minimum Gasteiger partial charge on any atom is -0.325 e. The highest BCUT2D eigenvalue weighted by Gasteiger charge is 2.27. The number of nitrogens with one attached hydrogen (secondary N) is 1. The van der Waals surface area contributed by atoms with E-state index in [4.69, 9.17) is 11.6 Å². The molecular weight excluding hydrogens is 210 g/mol. The Hall–Kier alpha value is -1.48. The monoisotopic (exact) mass is 219 g/mol. The number of nitrogens with zero attached hydrogens (tertiary/aromatic N) is 2. The smallest absolute Gasteiger partial charge is 0.203 e. The van der Waals surface area contributed by atoms with Crippen LogP contribution in [-0.2, 0) is 0 Å². The first-order chi connectivity index (χ1) is 7.25. The average molecular weight is 220 g/mol. The highest BCUT2D eigenvalue weighted by atomic mass is 35.5. The second kappa shape index (κ2) is 3.00. The van der Waals surface area contributed by atoms with Crippen molar-refractivity contribution in [2.24, 2.45) is 4.99 Å². The van der Waals surface area contributed by atoms with E-state index < -0.39 is 0 Å². The summed E-state index contributed by atoms with van der Waals surface area (Å²) in [6.07, 6.45) is 0. The minimum atomic E-state index is 0.733. The van der Waals surface area contributed by atoms with Crippen LogP contribution in [0.1, 0.15) is 5.56 Å². The molecule has 0 saturated carbocycles. The van der Waals surface area contributed by atoms with Gasteiger partial charge in [-0.3, -0.25) is 4.99 Å². The van der Waals surface area contributed by atoms with Crippen LogP contribution in [0.4, 0.5) is 5.69 Å². The van der Waals surface area contributed by atoms with Crippen molar-refractivity contribution in [2.75, 3.05) is 18.4 Å². The Kier molecular flexibility index (Phi) is 1.76. The molecule has 15 heavy (non-hydrogen) atoms. The molecule has 2 heterocycles. The van der Waals surface area contributed by atoms with Gasteiger partial charge in [0.1, 0.15) is 0 Å². The molecule has 76 valence electrons. The highest BCUT2D eigenvalue weighted by molar-refractivity contribution is 6.31. The Balaban J connectivity index is 2.15. The first-order valence-corrected chi connectivity index (χ1v) is 5.21. The third kappa shape index (κ3) is 1.23. The van der Waals surface area contributed by atoms with Crippen LogP contribution in [0.2, 0.25) is 5.02 Å². The lowest BCUT2D eigenvalue weighted by molar-refractivity contribution is 0.632. The molecule has 1 aromatic rings. The van der Waals surface area contributed by atoms with E-state index in [-0.39, 0.29) is 0 Å². The lowest BCUT2D eigenvalue weighted by atomic mass is 10.1. The van der Waals surface area contributed by atoms with E-state index in [0.29, 0.717) is 0 Å². The number of hydrogen-bond acceptors (Lipinski definition) is 3. The van der Waals surface area contributed by atoms with Crippen molar-refractivity contribution in [3.8, 4) is 0 Å². The Bertz CT molecular complexity index is 479. The molecule has 3 rings (SSSR count). The number of rotatable bonds is 0. The molecule has 0 fully saturated rings. The SMILES string of the molecule is C=C1c2cc(Cl)ccc2NC2=NCCN12. The van der Waals surface area contributed by atoms with Gasteiger partial charge in [-0.1, -0.05) is 18.2 Å². The molecule has 0 atom stereocenters. The fourth-order valence-corrected chi connectivity index (χ4v) is 2.12. The number of guanidine groups is 1. The van der Waals surface area contributed by atoms with Crippen molar-refractivity contribution < 1.29 is 0 Å². The third-order valence-electron chi connectivity index (χ3n) is 2.71. The zero-order chi connectivity index (χ0) is 10.4. The van der Waals surface area contributed by atoms with Crippen LogP contribution in [0, 0.1) is 0 Å². The Labute approximate surface area is 93.1 Å². The number of benzene rings is 1. The van der Waals surface area contributed by atoms with E-state index in [9.17, 15) is 0 Å². The molecule has 0 saturated heterocycles. The van der Waals surface area contributed by atoms with Crippen LogP contribution < -0.4 is 5.32 Å². The molecule has 2 aliphatic heterocycles. The van der Waals surface area contributed by atoms with Gasteiger partial charge in [0, 0.05) is 22.8 Å². The van der Waals surface area contributed by atoms with Crippen LogP contribution in [0.5, 0.6) is 0 Å². The maximum absolute atomic E-state index is 5.97. The molecule has 2 aliphatic rings. The summed E-state index contributed by atoms with van der Waals surface area (Å²) in [6, 6.07) is 5.76. The van der Waals surface area contributed by atoms with Crippen molar-refractivity contribution in [2.45, 2.75) is 0 Å². The maximum atomic E-state index is 5.97. The molecular formula is C11H10ClN3. The molecule has 1 N–H and O–H groups in total. The van der Waals surface area contributed by atoms with E-state index in [1.54, 1.807) is 0 Å². The van der Waals surface area contributed by atoms with Gasteiger partial charge in [0.15, 0.2) is 0 Å². The van der Waals surface area contributed by atoms with Crippen LogP contribution >= 0.6 is 11.6 Å². The predicted octanol–water partition coefficient (Wildman–Crippen LogP) is 2.41. The maximum Gasteiger partial charge on any atom is 0.203 e. The van der Waals surface area contributed by atoms with E-state index in [1.165, 1.54) is 0 Å². The fraction of sp³-hybridized carbons (Fsp3) is 0.182. The number of anilines is 1. The molecule has 0 unspecified atom stereocenters. The van der Waals surface area contributed by atoms with Gasteiger partial charge in [0.25, 0.3) is 0 Å². The summed E-state index contributed by atoms with van der Waals surface area (Å²) in [4.78, 5) is 6.45. The van der Waals surface area contributed by atoms with E-state index in [1.807, 2.05) is 18.2 Å². The molecule has 1 aromatic carbocycles. The van der Waals surface area contributed by atoms with Crippen molar-refractivity contribution in [1.82, 2.24) is 4.90 Å². The molecule has 0 radical (unpaired) electrons. The number of halogens is 1. The minimum absolute atomic E-state index is 0.733. The third-order valence-corrected chi connectivity index (χ3v) is 2.94. The van der Waals surface area contributed by atoms with Crippen molar-refractivity contribution in [1.29, 1.82) is 0 Å². The van der Waals surface area contributed by atoms with Gasteiger partial charge in [-0.2, -0.15) is 0 Å². The van der Waals surface area contributed by atoms with Gasteiger partial charge in [-0.25, -0.2) is 0 Å². The van der Waals surface area contributed by atoms with Gasteiger partial charge >= 0.3 is 0 Å². The number of hydrogen-bond donors (Lipinski definition) is 1. The summed E-state index contributed by atoms with van der Waals surface area (Å²) >= 11 is 5.97. The standard InChI is InChI=1S/C11H10ClN3/c1-7-9-6-8(12)2-3-10(9)14-11-13-4-5-15(7)11/h2-3,6H,1,4-5H2,(H,13,14). The van der Waals surface area contributed by atoms with Crippen molar-refractivity contribution >= 4 is 28.9 Å². The van der Waals surface area contributed by atoms with Crippen LogP contribution in [0.3, 0.4) is 0 Å². The molecule has 0 spiro atoms. The largest absolute Gasteiger partial charge is 0.325 e. The van der Waals surface area contributed by atoms with E-state index in [2.05, 4.69) is 21.8 Å². The molecule has 0 bridgehead atoms. The van der Waals surface area contributed by atoms with E-state index in [0.717, 1.165) is 41.0 Å². The van der Waals surface area contributed by atoms with Crippen molar-refractivity contribution in [3.05, 3.63) is 35.4 Å². The average Bonchev–Trinajstić information content (AvgIpc) is 2.68. The lowest BCUT2D eigenvalue weighted by Gasteiger charge is -2.30. The Morgan fingerprint density at radius 2 is 2.33 bits per heavy atom. The van der Waals surface area contributed by atoms with Crippen LogP contribution in [0.15, 0.2) is 29.8 Å². The molecule has 0 amide bonds. The van der Waals surface area contributed by atoms with Crippen LogP contribution in [-0.4, -0.2) is 23.9 Å². The summed E-state index contributed by atoms with van der Waals surface area (Å²) < 4.78 is 0. The summed E-state index contributed by atoms with van der Waals surface area (Å²) in [7, 11) is 0. The molecule has 0 aromatic heterocycles. The molecule has 4 heteroatoms. The first kappa shape index (κ1) is 8.80. The number of fused-ring (bicyclic) bond motifs is 2. The summed E-state index contributed by atoms with van der Waals surface area (Å²) in [6.45, 7) is 5.80. The quantitative estimate of drug-likeness (QED) is 0.726. The highest BCUT2D eigenvalue weighted by Crippen LogP contribution is 2.33. The normalized spacial score (nSPS) is 18.1. The Morgan fingerprint density at radius 3 is 3.20 bits per heavy atom. The fourth-order valence-electron chi connectivity index (χ4n) is 1.95. The van der Waals surface area contributed by atoms with Gasteiger partial charge in [-0.15, -0.1) is 0 Å². The second-order valence-electron chi connectivity index (χ2n) is 3.62. The van der Waals surface area contributed by atoms with Crippen molar-refractivity contribution in [3.63, 3.8) is 0 Å². The zero-order valence-electron chi connectivity index (χ0n) is 8.13. The second-order valence-corrected chi connectivity index (χ2v) is 4.06. The predicted molar refractivity (Wildman–Crippen MR) is 63.1 cm³/mol. The summed E-state index contributed by atoms with van der Waals surface area (Å²) in [5.41, 5.74) is 3.06. The van der Waals surface area contributed by atoms with E-state index >= 15 is 0 Å². The molecule has 3 nitrogen and oxygen atoms in total. The lowest BCUT2D eigenvalue weighted by Crippen LogP contribution is -2.35. The summed E-state index contributed by atoms with van der Waals surface area (Å²) in [5.74, 6) is 0.898. The summed E-state index contributed by atoms with van der Waals surface area (Å²) in [5, 5.41) is 4.01. The molecule has 0 aliphatic carbocycles. The van der Waals surface area contributed by atoms with Crippen LogP contribution in [0.25, 0.3) is 5.70 Å². The first-order valence-electron chi connectivity index (χ1n) is 4.83. The van der Waals surface area contributed by atoms with Gasteiger partial charge < -0.3 is 10.2 Å². The Morgan fingerprint density at radius 1 is 1.47 bits per heavy atom. The van der Waals surface area contributed by atoms with Gasteiger partial charge in [0.2, 0.25) is 5.96 Å². The zero-order valence-corrected chi connectivity index (χ0v) is 8.88. The van der Waals surface area contributed by atoms with Gasteiger partial charge in [0.05, 0.1) is 12.2 Å². The topological polar surface area (TPSA) is 27.6 Å². The number of aliphatic imine (C=N–C) groups is 1. The van der Waals surface area contributed by atoms with Gasteiger partial charge in [-0.05, 0) is 18.2 Å².